The number of alkyl halides is 3. The van der Waals surface area contributed by atoms with Gasteiger partial charge in [0.15, 0.2) is 0 Å². The van der Waals surface area contributed by atoms with Gasteiger partial charge in [0.25, 0.3) is 0 Å². The number of anilines is 1. The first-order valence-corrected chi connectivity index (χ1v) is 8.88. The standard InChI is InChI=1S/C17H21F3N6O2/c1-11(28-15(21)27)3-2-5-26-10-12-9-25(6-4-14(12)24-26)16-22-7-13(8-23-16)17(18,19)20/h7-8,10-11H,2-6,9H2,1H3,(H2,21,27)/t11-/m0/s1. The van der Waals surface area contributed by atoms with Crippen molar-refractivity contribution in [2.24, 2.45) is 5.73 Å². The van der Waals surface area contributed by atoms with Crippen LogP contribution in [0.1, 0.15) is 36.6 Å². The van der Waals surface area contributed by atoms with Gasteiger partial charge in [0.1, 0.15) is 6.10 Å². The number of amides is 1. The van der Waals surface area contributed by atoms with Crippen molar-refractivity contribution in [2.75, 3.05) is 11.4 Å². The van der Waals surface area contributed by atoms with Crippen molar-refractivity contribution in [1.82, 2.24) is 19.7 Å². The van der Waals surface area contributed by atoms with Crippen molar-refractivity contribution >= 4 is 12.0 Å². The number of carbonyl (C=O) groups excluding carboxylic acids is 1. The lowest BCUT2D eigenvalue weighted by molar-refractivity contribution is -0.138. The van der Waals surface area contributed by atoms with Gasteiger partial charge in [-0.2, -0.15) is 18.3 Å². The monoisotopic (exact) mass is 398 g/mol. The number of hydrogen-bond acceptors (Lipinski definition) is 6. The van der Waals surface area contributed by atoms with Crippen LogP contribution in [0, 0.1) is 0 Å². The van der Waals surface area contributed by atoms with Crippen molar-refractivity contribution in [2.45, 2.75) is 51.6 Å². The lowest BCUT2D eigenvalue weighted by Gasteiger charge is -2.26. The first kappa shape index (κ1) is 19.9. The van der Waals surface area contributed by atoms with Gasteiger partial charge in [0.05, 0.1) is 11.3 Å². The zero-order valence-electron chi connectivity index (χ0n) is 15.3. The van der Waals surface area contributed by atoms with Crippen molar-refractivity contribution < 1.29 is 22.7 Å². The summed E-state index contributed by atoms with van der Waals surface area (Å²) in [5, 5.41) is 4.55. The molecule has 0 spiro atoms. The summed E-state index contributed by atoms with van der Waals surface area (Å²) in [6.45, 7) is 3.51. The van der Waals surface area contributed by atoms with Crippen LogP contribution in [0.4, 0.5) is 23.9 Å². The van der Waals surface area contributed by atoms with Crippen LogP contribution in [-0.4, -0.2) is 38.5 Å². The number of halogens is 3. The Morgan fingerprint density at radius 1 is 1.36 bits per heavy atom. The lowest BCUT2D eigenvalue weighted by Crippen LogP contribution is -2.31. The third-order valence-corrected chi connectivity index (χ3v) is 4.47. The number of nitrogens with two attached hydrogens (primary N) is 1. The van der Waals surface area contributed by atoms with Crippen LogP contribution in [0.2, 0.25) is 0 Å². The van der Waals surface area contributed by atoms with E-state index in [-0.39, 0.29) is 12.1 Å². The first-order chi connectivity index (χ1) is 13.2. The van der Waals surface area contributed by atoms with Gasteiger partial charge < -0.3 is 15.4 Å². The molecule has 1 atom stereocenters. The van der Waals surface area contributed by atoms with E-state index < -0.39 is 17.8 Å². The summed E-state index contributed by atoms with van der Waals surface area (Å²) in [7, 11) is 0. The van der Waals surface area contributed by atoms with Gasteiger partial charge >= 0.3 is 12.3 Å². The number of rotatable bonds is 6. The Morgan fingerprint density at radius 2 is 2.07 bits per heavy atom. The topological polar surface area (TPSA) is 99.2 Å². The van der Waals surface area contributed by atoms with Crippen LogP contribution in [0.3, 0.4) is 0 Å². The van der Waals surface area contributed by atoms with E-state index in [1.54, 1.807) is 6.92 Å². The predicted octanol–water partition coefficient (Wildman–Crippen LogP) is 2.52. The largest absolute Gasteiger partial charge is 0.447 e. The second kappa shape index (κ2) is 8.03. The fraction of sp³-hybridized carbons (Fsp3) is 0.529. The molecule has 0 fully saturated rings. The van der Waals surface area contributed by atoms with Gasteiger partial charge in [-0.1, -0.05) is 0 Å². The highest BCUT2D eigenvalue weighted by atomic mass is 19.4. The minimum atomic E-state index is -4.45. The quantitative estimate of drug-likeness (QED) is 0.803. The maximum atomic E-state index is 12.6. The average molecular weight is 398 g/mol. The Labute approximate surface area is 159 Å². The highest BCUT2D eigenvalue weighted by Gasteiger charge is 2.32. The number of ether oxygens (including phenoxy) is 1. The highest BCUT2D eigenvalue weighted by Crippen LogP contribution is 2.29. The number of nitrogens with zero attached hydrogens (tertiary/aromatic N) is 5. The molecule has 1 aliphatic heterocycles. The molecule has 28 heavy (non-hydrogen) atoms. The molecular formula is C17H21F3N6O2. The Kier molecular flexibility index (Phi) is 5.71. The molecule has 8 nitrogen and oxygen atoms in total. The summed E-state index contributed by atoms with van der Waals surface area (Å²) in [6, 6.07) is 0. The molecule has 0 saturated heterocycles. The Balaban J connectivity index is 1.57. The van der Waals surface area contributed by atoms with Crippen LogP contribution in [-0.2, 0) is 30.4 Å². The molecule has 3 heterocycles. The zero-order chi connectivity index (χ0) is 20.3. The molecular weight excluding hydrogens is 377 g/mol. The van der Waals surface area contributed by atoms with Gasteiger partial charge in [-0.25, -0.2) is 14.8 Å². The minimum absolute atomic E-state index is 0.255. The Bertz CT molecular complexity index is 821. The number of fused-ring (bicyclic) bond motifs is 1. The van der Waals surface area contributed by atoms with Crippen molar-refractivity contribution in [3.8, 4) is 0 Å². The van der Waals surface area contributed by atoms with Gasteiger partial charge in [-0.3, -0.25) is 4.68 Å². The maximum Gasteiger partial charge on any atom is 0.419 e. The van der Waals surface area contributed by atoms with Crippen LogP contribution in [0.25, 0.3) is 0 Å². The fourth-order valence-corrected chi connectivity index (χ4v) is 3.08. The molecule has 0 radical (unpaired) electrons. The third kappa shape index (κ3) is 4.90. The average Bonchev–Trinajstić information content (AvgIpc) is 3.02. The smallest absolute Gasteiger partial charge is 0.419 e. The molecule has 152 valence electrons. The SMILES string of the molecule is C[C@@H](CCCn1cc2c(n1)CCN(c1ncc(C(F)(F)F)cn1)C2)OC(N)=O. The number of aromatic nitrogens is 4. The molecule has 1 amide bonds. The van der Waals surface area contributed by atoms with E-state index in [4.69, 9.17) is 10.5 Å². The minimum Gasteiger partial charge on any atom is -0.447 e. The molecule has 0 aliphatic carbocycles. The summed E-state index contributed by atoms with van der Waals surface area (Å²) < 4.78 is 44.6. The van der Waals surface area contributed by atoms with Crippen molar-refractivity contribution in [3.05, 3.63) is 35.4 Å². The van der Waals surface area contributed by atoms with E-state index >= 15 is 0 Å². The molecule has 2 N–H and O–H groups in total. The number of primary amides is 1. The summed E-state index contributed by atoms with van der Waals surface area (Å²) in [5.74, 6) is 0.267. The molecule has 0 bridgehead atoms. The van der Waals surface area contributed by atoms with Gasteiger partial charge in [0.2, 0.25) is 5.95 Å². The van der Waals surface area contributed by atoms with E-state index in [0.29, 0.717) is 32.5 Å². The van der Waals surface area contributed by atoms with Crippen LogP contribution < -0.4 is 10.6 Å². The predicted molar refractivity (Wildman–Crippen MR) is 93.4 cm³/mol. The Morgan fingerprint density at radius 3 is 2.71 bits per heavy atom. The molecule has 3 rings (SSSR count). The molecule has 2 aromatic rings. The normalized spacial score (nSPS) is 15.2. The molecule has 0 unspecified atom stereocenters. The van der Waals surface area contributed by atoms with E-state index in [2.05, 4.69) is 15.1 Å². The van der Waals surface area contributed by atoms with Crippen LogP contribution in [0.5, 0.6) is 0 Å². The molecule has 0 aromatic carbocycles. The summed E-state index contributed by atoms with van der Waals surface area (Å²) in [6.07, 6.45) is 0.128. The van der Waals surface area contributed by atoms with Crippen molar-refractivity contribution in [3.63, 3.8) is 0 Å². The maximum absolute atomic E-state index is 12.6. The van der Waals surface area contributed by atoms with E-state index in [9.17, 15) is 18.0 Å². The van der Waals surface area contributed by atoms with E-state index in [1.165, 1.54) is 0 Å². The summed E-state index contributed by atoms with van der Waals surface area (Å²) in [4.78, 5) is 20.2. The fourth-order valence-electron chi connectivity index (χ4n) is 3.08. The molecule has 1 aliphatic rings. The molecule has 2 aromatic heterocycles. The molecule has 11 heteroatoms. The van der Waals surface area contributed by atoms with Gasteiger partial charge in [-0.05, 0) is 19.8 Å². The number of carbonyl (C=O) groups is 1. The summed E-state index contributed by atoms with van der Waals surface area (Å²) in [5.41, 5.74) is 6.08. The number of aryl methyl sites for hydroxylation is 1. The van der Waals surface area contributed by atoms with E-state index in [0.717, 1.165) is 30.1 Å². The van der Waals surface area contributed by atoms with E-state index in [1.807, 2.05) is 15.8 Å². The summed E-state index contributed by atoms with van der Waals surface area (Å²) >= 11 is 0. The van der Waals surface area contributed by atoms with Crippen LogP contribution >= 0.6 is 0 Å². The van der Waals surface area contributed by atoms with Gasteiger partial charge in [0, 0.05) is 50.2 Å². The third-order valence-electron chi connectivity index (χ3n) is 4.47. The van der Waals surface area contributed by atoms with Gasteiger partial charge in [-0.15, -0.1) is 0 Å². The lowest BCUT2D eigenvalue weighted by atomic mass is 10.1. The second-order valence-electron chi connectivity index (χ2n) is 6.69. The van der Waals surface area contributed by atoms with Crippen molar-refractivity contribution in [1.29, 1.82) is 0 Å². The first-order valence-electron chi connectivity index (χ1n) is 8.88. The number of hydrogen-bond donors (Lipinski definition) is 1. The zero-order valence-corrected chi connectivity index (χ0v) is 15.3. The highest BCUT2D eigenvalue weighted by molar-refractivity contribution is 5.64. The molecule has 0 saturated carbocycles. The van der Waals surface area contributed by atoms with Crippen LogP contribution in [0.15, 0.2) is 18.6 Å². The Hall–Kier alpha value is -2.85. The second-order valence-corrected chi connectivity index (χ2v) is 6.69.